The minimum Gasteiger partial charge on any atom is -0.481 e. The van der Waals surface area contributed by atoms with Gasteiger partial charge in [0, 0.05) is 17.5 Å². The number of hydrogen-bond donors (Lipinski definition) is 1. The van der Waals surface area contributed by atoms with Crippen LogP contribution in [0.15, 0.2) is 18.3 Å². The number of aliphatic carboxylic acids is 1. The van der Waals surface area contributed by atoms with Crippen molar-refractivity contribution in [2.45, 2.75) is 26.3 Å². The number of pyridine rings is 1. The van der Waals surface area contributed by atoms with E-state index >= 15 is 0 Å². The van der Waals surface area contributed by atoms with Crippen LogP contribution in [0.1, 0.15) is 18.5 Å². The Kier molecular flexibility index (Phi) is 2.55. The SMILES string of the molecule is Cc1cc(-c2nnnn2CC2(C(=O)O)CC2)ccn1. The molecule has 0 unspecified atom stereocenters. The van der Waals surface area contributed by atoms with Crippen molar-refractivity contribution in [1.29, 1.82) is 0 Å². The summed E-state index contributed by atoms with van der Waals surface area (Å²) in [7, 11) is 0. The predicted molar refractivity (Wildman–Crippen MR) is 65.1 cm³/mol. The Morgan fingerprint density at radius 1 is 1.53 bits per heavy atom. The summed E-state index contributed by atoms with van der Waals surface area (Å²) in [5, 5.41) is 20.7. The summed E-state index contributed by atoms with van der Waals surface area (Å²) in [5.74, 6) is -0.196. The van der Waals surface area contributed by atoms with Crippen LogP contribution in [0.3, 0.4) is 0 Å². The zero-order valence-corrected chi connectivity index (χ0v) is 10.4. The lowest BCUT2D eigenvalue weighted by Crippen LogP contribution is -2.22. The zero-order valence-electron chi connectivity index (χ0n) is 10.4. The molecule has 0 saturated heterocycles. The van der Waals surface area contributed by atoms with Gasteiger partial charge in [0.05, 0.1) is 12.0 Å². The molecule has 0 bridgehead atoms. The largest absolute Gasteiger partial charge is 0.481 e. The summed E-state index contributed by atoms with van der Waals surface area (Å²) in [6.45, 7) is 2.20. The Bertz CT molecular complexity index is 633. The Morgan fingerprint density at radius 2 is 2.32 bits per heavy atom. The number of carboxylic acid groups (broad SMARTS) is 1. The van der Waals surface area contributed by atoms with Crippen LogP contribution in [-0.2, 0) is 11.3 Å². The number of nitrogens with zero attached hydrogens (tertiary/aromatic N) is 5. The number of rotatable bonds is 4. The molecule has 1 N–H and O–H groups in total. The van der Waals surface area contributed by atoms with E-state index in [4.69, 9.17) is 0 Å². The predicted octanol–water partition coefficient (Wildman–Crippen LogP) is 0.908. The van der Waals surface area contributed by atoms with Crippen molar-refractivity contribution < 1.29 is 9.90 Å². The topological polar surface area (TPSA) is 93.8 Å². The molecule has 0 aliphatic heterocycles. The minimum absolute atomic E-state index is 0.312. The Balaban J connectivity index is 1.93. The molecule has 19 heavy (non-hydrogen) atoms. The third-order valence-corrected chi connectivity index (χ3v) is 3.45. The second kappa shape index (κ2) is 4.11. The Hall–Kier alpha value is -2.31. The molecule has 2 aromatic rings. The van der Waals surface area contributed by atoms with E-state index < -0.39 is 11.4 Å². The zero-order chi connectivity index (χ0) is 13.5. The maximum atomic E-state index is 11.2. The molecule has 2 heterocycles. The van der Waals surface area contributed by atoms with Crippen molar-refractivity contribution in [3.8, 4) is 11.4 Å². The van der Waals surface area contributed by atoms with Gasteiger partial charge < -0.3 is 5.11 Å². The second-order valence-electron chi connectivity index (χ2n) is 4.93. The Labute approximate surface area is 109 Å². The van der Waals surface area contributed by atoms with Gasteiger partial charge in [-0.15, -0.1) is 5.10 Å². The van der Waals surface area contributed by atoms with Crippen LogP contribution in [0, 0.1) is 12.3 Å². The molecule has 0 amide bonds. The van der Waals surface area contributed by atoms with Crippen LogP contribution in [0.25, 0.3) is 11.4 Å². The molecule has 0 spiro atoms. The maximum Gasteiger partial charge on any atom is 0.311 e. The van der Waals surface area contributed by atoms with Crippen LogP contribution in [0.4, 0.5) is 0 Å². The van der Waals surface area contributed by atoms with Crippen molar-refractivity contribution in [3.05, 3.63) is 24.0 Å². The first-order valence-corrected chi connectivity index (χ1v) is 6.03. The molecule has 7 heteroatoms. The number of aromatic nitrogens is 5. The van der Waals surface area contributed by atoms with Crippen LogP contribution in [0.2, 0.25) is 0 Å². The van der Waals surface area contributed by atoms with Gasteiger partial charge in [0.2, 0.25) is 0 Å². The van der Waals surface area contributed by atoms with Gasteiger partial charge in [-0.05, 0) is 42.3 Å². The fourth-order valence-electron chi connectivity index (χ4n) is 2.08. The first kappa shape index (κ1) is 11.8. The lowest BCUT2D eigenvalue weighted by molar-refractivity contribution is -0.144. The molecule has 7 nitrogen and oxygen atoms in total. The highest BCUT2D eigenvalue weighted by atomic mass is 16.4. The molecule has 0 atom stereocenters. The molecule has 2 aromatic heterocycles. The highest BCUT2D eigenvalue weighted by Gasteiger charge is 2.51. The first-order valence-electron chi connectivity index (χ1n) is 6.03. The van der Waals surface area contributed by atoms with E-state index in [0.29, 0.717) is 25.2 Å². The van der Waals surface area contributed by atoms with E-state index in [9.17, 15) is 9.90 Å². The molecular weight excluding hydrogens is 246 g/mol. The summed E-state index contributed by atoms with van der Waals surface area (Å²) in [6.07, 6.45) is 3.04. The van der Waals surface area contributed by atoms with Gasteiger partial charge in [0.1, 0.15) is 0 Å². The molecule has 98 valence electrons. The number of carboxylic acids is 1. The van der Waals surface area contributed by atoms with Crippen molar-refractivity contribution in [1.82, 2.24) is 25.2 Å². The van der Waals surface area contributed by atoms with Crippen LogP contribution < -0.4 is 0 Å². The standard InChI is InChI=1S/C12H13N5O2/c1-8-6-9(2-5-13-8)10-14-15-16-17(10)7-12(3-4-12)11(18)19/h2,5-6H,3-4,7H2,1H3,(H,18,19). The van der Waals surface area contributed by atoms with Crippen LogP contribution in [0.5, 0.6) is 0 Å². The van der Waals surface area contributed by atoms with Gasteiger partial charge in [-0.25, -0.2) is 4.68 Å². The van der Waals surface area contributed by atoms with E-state index in [0.717, 1.165) is 11.3 Å². The van der Waals surface area contributed by atoms with Crippen LogP contribution >= 0.6 is 0 Å². The molecule has 3 rings (SSSR count). The third-order valence-electron chi connectivity index (χ3n) is 3.45. The fraction of sp³-hybridized carbons (Fsp3) is 0.417. The van der Waals surface area contributed by atoms with E-state index in [1.807, 2.05) is 19.1 Å². The fourth-order valence-corrected chi connectivity index (χ4v) is 2.08. The first-order chi connectivity index (χ1) is 9.11. The second-order valence-corrected chi connectivity index (χ2v) is 4.93. The number of hydrogen-bond acceptors (Lipinski definition) is 5. The van der Waals surface area contributed by atoms with Gasteiger partial charge in [-0.2, -0.15) is 0 Å². The van der Waals surface area contributed by atoms with E-state index in [-0.39, 0.29) is 0 Å². The molecule has 0 aromatic carbocycles. The van der Waals surface area contributed by atoms with Crippen molar-refractivity contribution in [3.63, 3.8) is 0 Å². The number of carbonyl (C=O) groups is 1. The quantitative estimate of drug-likeness (QED) is 0.877. The molecule has 1 fully saturated rings. The Morgan fingerprint density at radius 3 is 2.95 bits per heavy atom. The van der Waals surface area contributed by atoms with E-state index in [2.05, 4.69) is 20.5 Å². The third kappa shape index (κ3) is 2.07. The molecular formula is C12H13N5O2. The molecule has 1 saturated carbocycles. The molecule has 0 radical (unpaired) electrons. The number of aryl methyl sites for hydroxylation is 1. The molecule has 1 aliphatic carbocycles. The maximum absolute atomic E-state index is 11.2. The van der Waals surface area contributed by atoms with E-state index in [1.165, 1.54) is 0 Å². The monoisotopic (exact) mass is 259 g/mol. The van der Waals surface area contributed by atoms with Crippen molar-refractivity contribution >= 4 is 5.97 Å². The van der Waals surface area contributed by atoms with E-state index in [1.54, 1.807) is 10.9 Å². The average Bonchev–Trinajstić information content (AvgIpc) is 3.01. The van der Waals surface area contributed by atoms with Crippen molar-refractivity contribution in [2.75, 3.05) is 0 Å². The average molecular weight is 259 g/mol. The number of tetrazole rings is 1. The van der Waals surface area contributed by atoms with Gasteiger partial charge in [-0.3, -0.25) is 9.78 Å². The minimum atomic E-state index is -0.778. The normalized spacial score (nSPS) is 16.3. The highest BCUT2D eigenvalue weighted by Crippen LogP contribution is 2.47. The summed E-state index contributed by atoms with van der Waals surface area (Å²) < 4.78 is 1.57. The van der Waals surface area contributed by atoms with Crippen molar-refractivity contribution in [2.24, 2.45) is 5.41 Å². The molecule has 1 aliphatic rings. The van der Waals surface area contributed by atoms with Gasteiger partial charge >= 0.3 is 5.97 Å². The van der Waals surface area contributed by atoms with Crippen LogP contribution in [-0.4, -0.2) is 36.3 Å². The van der Waals surface area contributed by atoms with Gasteiger partial charge in [0.15, 0.2) is 5.82 Å². The van der Waals surface area contributed by atoms with Gasteiger partial charge in [0.25, 0.3) is 0 Å². The summed E-state index contributed by atoms with van der Waals surface area (Å²) >= 11 is 0. The van der Waals surface area contributed by atoms with Gasteiger partial charge in [-0.1, -0.05) is 0 Å². The summed E-state index contributed by atoms with van der Waals surface area (Å²) in [5.41, 5.74) is 1.02. The smallest absolute Gasteiger partial charge is 0.311 e. The summed E-state index contributed by atoms with van der Waals surface area (Å²) in [4.78, 5) is 15.3. The highest BCUT2D eigenvalue weighted by molar-refractivity contribution is 5.77. The lowest BCUT2D eigenvalue weighted by Gasteiger charge is -2.10. The lowest BCUT2D eigenvalue weighted by atomic mass is 10.1. The summed E-state index contributed by atoms with van der Waals surface area (Å²) in [6, 6.07) is 3.69.